The monoisotopic (exact) mass is 438 g/mol. The highest BCUT2D eigenvalue weighted by atomic mass is 32.1. The molecule has 2 aromatic carbocycles. The lowest BCUT2D eigenvalue weighted by molar-refractivity contribution is -0.123. The van der Waals surface area contributed by atoms with Crippen LogP contribution in [0.5, 0.6) is 5.75 Å². The molecule has 3 rings (SSSR count). The maximum Gasteiger partial charge on any atom is 0.280 e. The van der Waals surface area contributed by atoms with E-state index in [9.17, 15) is 9.59 Å². The fraction of sp³-hybridized carbons (Fsp3) is 0.304. The zero-order chi connectivity index (χ0) is 22.6. The predicted octanol–water partition coefficient (Wildman–Crippen LogP) is 4.16. The van der Waals surface area contributed by atoms with Crippen molar-refractivity contribution in [2.75, 3.05) is 12.0 Å². The van der Waals surface area contributed by atoms with Crippen LogP contribution >= 0.6 is 11.5 Å². The van der Waals surface area contributed by atoms with E-state index in [1.165, 1.54) is 4.90 Å². The van der Waals surface area contributed by atoms with Crippen molar-refractivity contribution in [1.82, 2.24) is 14.9 Å². The Morgan fingerprint density at radius 2 is 1.71 bits per heavy atom. The third-order valence-electron chi connectivity index (χ3n) is 4.55. The fourth-order valence-corrected chi connectivity index (χ4v) is 3.54. The molecular formula is C23H26N4O3S. The second-order valence-corrected chi connectivity index (χ2v) is 8.83. The van der Waals surface area contributed by atoms with Crippen molar-refractivity contribution in [2.45, 2.75) is 39.3 Å². The first-order valence-electron chi connectivity index (χ1n) is 9.83. The van der Waals surface area contributed by atoms with Crippen LogP contribution in [-0.2, 0) is 4.79 Å². The number of methoxy groups -OCH3 is 1. The normalized spacial score (nSPS) is 12.2. The molecule has 0 aliphatic carbocycles. The molecule has 0 fully saturated rings. The smallest absolute Gasteiger partial charge is 0.280 e. The number of nitrogens with zero attached hydrogens (tertiary/aromatic N) is 3. The Bertz CT molecular complexity index is 1030. The minimum absolute atomic E-state index is 0.188. The lowest BCUT2D eigenvalue weighted by atomic mass is 10.00. The molecule has 0 aliphatic rings. The number of benzene rings is 2. The van der Waals surface area contributed by atoms with E-state index in [4.69, 9.17) is 4.74 Å². The van der Waals surface area contributed by atoms with Crippen LogP contribution in [0.25, 0.3) is 0 Å². The molecule has 1 aromatic heterocycles. The molecule has 0 radical (unpaired) electrons. The highest BCUT2D eigenvalue weighted by Gasteiger charge is 2.35. The summed E-state index contributed by atoms with van der Waals surface area (Å²) in [7, 11) is 1.58. The van der Waals surface area contributed by atoms with Crippen LogP contribution < -0.4 is 15.0 Å². The van der Waals surface area contributed by atoms with Crippen molar-refractivity contribution in [3.63, 3.8) is 0 Å². The van der Waals surface area contributed by atoms with E-state index in [2.05, 4.69) is 14.9 Å². The predicted molar refractivity (Wildman–Crippen MR) is 122 cm³/mol. The molecule has 162 valence electrons. The van der Waals surface area contributed by atoms with Crippen molar-refractivity contribution < 1.29 is 14.3 Å². The zero-order valence-electron chi connectivity index (χ0n) is 18.2. The molecule has 0 spiro atoms. The summed E-state index contributed by atoms with van der Waals surface area (Å²) < 4.78 is 9.08. The molecule has 8 heteroatoms. The van der Waals surface area contributed by atoms with Gasteiger partial charge in [0.25, 0.3) is 5.91 Å². The van der Waals surface area contributed by atoms with E-state index < -0.39 is 17.5 Å². The number of anilines is 1. The standard InChI is InChI=1S/C23H26N4O3S/c1-15-6-10-17(11-7-15)27(22(29)19-14-31-26-25-19)20(21(28)24-23(2,3)4)16-8-12-18(30-5)13-9-16/h6-14,20H,1-5H3,(H,24,28)/t20-/m1/s1. The average molecular weight is 439 g/mol. The molecule has 1 heterocycles. The van der Waals surface area contributed by atoms with E-state index in [0.29, 0.717) is 17.0 Å². The molecule has 3 aromatic rings. The van der Waals surface area contributed by atoms with E-state index in [1.54, 1.807) is 36.8 Å². The Kier molecular flexibility index (Phi) is 6.70. The Balaban J connectivity index is 2.16. The van der Waals surface area contributed by atoms with Crippen LogP contribution in [0, 0.1) is 6.92 Å². The van der Waals surface area contributed by atoms with Gasteiger partial charge in [-0.25, -0.2) is 0 Å². The van der Waals surface area contributed by atoms with Crippen molar-refractivity contribution in [3.8, 4) is 5.75 Å². The second-order valence-electron chi connectivity index (χ2n) is 8.22. The SMILES string of the molecule is COc1ccc([C@H](C(=O)NC(C)(C)C)N(C(=O)c2csnn2)c2ccc(C)cc2)cc1. The molecule has 1 atom stereocenters. The van der Waals surface area contributed by atoms with Gasteiger partial charge in [-0.05, 0) is 69.1 Å². The lowest BCUT2D eigenvalue weighted by Gasteiger charge is -2.33. The number of nitrogens with one attached hydrogen (secondary N) is 1. The highest BCUT2D eigenvalue weighted by molar-refractivity contribution is 7.03. The van der Waals surface area contributed by atoms with Gasteiger partial charge in [0.05, 0.1) is 7.11 Å². The summed E-state index contributed by atoms with van der Waals surface area (Å²) in [6, 6.07) is 13.7. The topological polar surface area (TPSA) is 84.4 Å². The third-order valence-corrected chi connectivity index (χ3v) is 5.05. The summed E-state index contributed by atoms with van der Waals surface area (Å²) in [5.74, 6) is -0.0343. The number of rotatable bonds is 6. The number of carbonyl (C=O) groups excluding carboxylic acids is 2. The Morgan fingerprint density at radius 3 is 2.23 bits per heavy atom. The maximum absolute atomic E-state index is 13.5. The van der Waals surface area contributed by atoms with Gasteiger partial charge in [-0.2, -0.15) is 0 Å². The summed E-state index contributed by atoms with van der Waals surface area (Å²) in [6.07, 6.45) is 0. The number of hydrogen-bond donors (Lipinski definition) is 1. The highest BCUT2D eigenvalue weighted by Crippen LogP contribution is 2.31. The third kappa shape index (κ3) is 5.46. The maximum atomic E-state index is 13.5. The molecule has 0 unspecified atom stereocenters. The van der Waals surface area contributed by atoms with E-state index in [1.807, 2.05) is 52.0 Å². The Morgan fingerprint density at radius 1 is 1.06 bits per heavy atom. The second kappa shape index (κ2) is 9.26. The first kappa shape index (κ1) is 22.4. The number of aromatic nitrogens is 2. The van der Waals surface area contributed by atoms with E-state index >= 15 is 0 Å². The molecule has 0 aliphatic heterocycles. The van der Waals surface area contributed by atoms with Gasteiger partial charge in [0, 0.05) is 16.6 Å². The van der Waals surface area contributed by atoms with Crippen LogP contribution in [0.15, 0.2) is 53.9 Å². The minimum atomic E-state index is -0.915. The molecule has 31 heavy (non-hydrogen) atoms. The number of amides is 2. The molecule has 1 N–H and O–H groups in total. The van der Waals surface area contributed by atoms with Gasteiger partial charge in [0.2, 0.25) is 5.91 Å². The Labute approximate surface area is 186 Å². The van der Waals surface area contributed by atoms with Crippen LogP contribution in [-0.4, -0.2) is 34.1 Å². The van der Waals surface area contributed by atoms with Gasteiger partial charge >= 0.3 is 0 Å². The van der Waals surface area contributed by atoms with E-state index in [-0.39, 0.29) is 11.6 Å². The first-order chi connectivity index (χ1) is 14.7. The zero-order valence-corrected chi connectivity index (χ0v) is 19.1. The molecule has 7 nitrogen and oxygen atoms in total. The van der Waals surface area contributed by atoms with Gasteiger partial charge in [0.15, 0.2) is 5.69 Å². The summed E-state index contributed by atoms with van der Waals surface area (Å²) in [5, 5.41) is 8.53. The number of hydrogen-bond acceptors (Lipinski definition) is 6. The van der Waals surface area contributed by atoms with Crippen LogP contribution in [0.2, 0.25) is 0 Å². The van der Waals surface area contributed by atoms with Gasteiger partial charge in [-0.15, -0.1) is 5.10 Å². The number of ether oxygens (including phenoxy) is 1. The quantitative estimate of drug-likeness (QED) is 0.625. The average Bonchev–Trinajstić information content (AvgIpc) is 3.26. The summed E-state index contributed by atoms with van der Waals surface area (Å²) in [5.41, 5.74) is 2.00. The van der Waals surface area contributed by atoms with Gasteiger partial charge < -0.3 is 10.1 Å². The summed E-state index contributed by atoms with van der Waals surface area (Å²) in [6.45, 7) is 7.67. The fourth-order valence-electron chi connectivity index (χ4n) is 3.11. The van der Waals surface area contributed by atoms with Crippen LogP contribution in [0.4, 0.5) is 5.69 Å². The lowest BCUT2D eigenvalue weighted by Crippen LogP contribution is -2.49. The van der Waals surface area contributed by atoms with E-state index in [0.717, 1.165) is 17.1 Å². The molecule has 0 bridgehead atoms. The summed E-state index contributed by atoms with van der Waals surface area (Å²) >= 11 is 1.09. The first-order valence-corrected chi connectivity index (χ1v) is 10.7. The number of aryl methyl sites for hydroxylation is 1. The van der Waals surface area contributed by atoms with Crippen molar-refractivity contribution in [3.05, 3.63) is 70.7 Å². The van der Waals surface area contributed by atoms with Crippen LogP contribution in [0.1, 0.15) is 48.4 Å². The van der Waals surface area contributed by atoms with Crippen LogP contribution in [0.3, 0.4) is 0 Å². The minimum Gasteiger partial charge on any atom is -0.497 e. The molecular weight excluding hydrogens is 412 g/mol. The Hall–Kier alpha value is -3.26. The van der Waals surface area contributed by atoms with Gasteiger partial charge in [0.1, 0.15) is 11.8 Å². The largest absolute Gasteiger partial charge is 0.497 e. The van der Waals surface area contributed by atoms with Crippen molar-refractivity contribution >= 4 is 29.0 Å². The summed E-state index contributed by atoms with van der Waals surface area (Å²) in [4.78, 5) is 28.5. The van der Waals surface area contributed by atoms with Gasteiger partial charge in [-0.3, -0.25) is 14.5 Å². The van der Waals surface area contributed by atoms with Crippen molar-refractivity contribution in [2.24, 2.45) is 0 Å². The molecule has 2 amide bonds. The molecule has 0 saturated carbocycles. The van der Waals surface area contributed by atoms with Gasteiger partial charge in [-0.1, -0.05) is 34.3 Å². The molecule has 0 saturated heterocycles. The van der Waals surface area contributed by atoms with Crippen molar-refractivity contribution in [1.29, 1.82) is 0 Å². The number of carbonyl (C=O) groups is 2.